The number of aliphatic hydroxyl groups is 2. The van der Waals surface area contributed by atoms with Crippen molar-refractivity contribution in [2.24, 2.45) is 5.73 Å². The molecule has 1 atom stereocenters. The van der Waals surface area contributed by atoms with Crippen LogP contribution in [0.3, 0.4) is 0 Å². The molecule has 3 aliphatic rings. The number of nitrogens with two attached hydrogens (primary N) is 1. The number of nitrogens with zero attached hydrogens (tertiary/aromatic N) is 2. The summed E-state index contributed by atoms with van der Waals surface area (Å²) in [7, 11) is 0. The van der Waals surface area contributed by atoms with E-state index in [4.69, 9.17) is 14.8 Å². The van der Waals surface area contributed by atoms with E-state index < -0.39 is 18.0 Å². The van der Waals surface area contributed by atoms with Crippen LogP contribution in [0.5, 0.6) is 0 Å². The Labute approximate surface area is 212 Å². The van der Waals surface area contributed by atoms with E-state index in [2.05, 4.69) is 5.73 Å². The number of esters is 1. The van der Waals surface area contributed by atoms with Crippen molar-refractivity contribution in [3.8, 4) is 11.4 Å². The molecule has 1 aliphatic carbocycles. The van der Waals surface area contributed by atoms with Gasteiger partial charge < -0.3 is 25.3 Å². The van der Waals surface area contributed by atoms with Gasteiger partial charge in [0.15, 0.2) is 6.10 Å². The van der Waals surface area contributed by atoms with E-state index in [0.717, 1.165) is 41.3 Å². The minimum Gasteiger partial charge on any atom is -0.458 e. The summed E-state index contributed by atoms with van der Waals surface area (Å²) in [4.78, 5) is 39.2. The number of hydrogen-bond donors (Lipinski definition) is 3. The van der Waals surface area contributed by atoms with Crippen molar-refractivity contribution in [2.75, 3.05) is 6.61 Å². The fourth-order valence-corrected chi connectivity index (χ4v) is 5.17. The maximum Gasteiger partial charge on any atom is 0.340 e. The molecular weight excluding hydrogens is 481 g/mol. The average molecular weight is 512 g/mol. The van der Waals surface area contributed by atoms with Crippen molar-refractivity contribution < 1.29 is 28.9 Å². The summed E-state index contributed by atoms with van der Waals surface area (Å²) in [5.41, 5.74) is 10.5. The Morgan fingerprint density at radius 2 is 1.89 bits per heavy atom. The number of amides is 1. The van der Waals surface area contributed by atoms with Gasteiger partial charge in [0, 0.05) is 29.0 Å². The number of aliphatic hydroxyl groups excluding tert-OH is 2. The van der Waals surface area contributed by atoms with Gasteiger partial charge in [-0.3, -0.25) is 9.59 Å². The molecule has 6 rings (SSSR count). The maximum atomic E-state index is 14.5. The number of pyridine rings is 2. The molecule has 0 fully saturated rings. The molecule has 2 aromatic heterocycles. The molecule has 2 aliphatic heterocycles. The zero-order valence-corrected chi connectivity index (χ0v) is 21.1. The fraction of sp³-hybridized carbons (Fsp3) is 0.407. The quantitative estimate of drug-likeness (QED) is 0.350. The number of rotatable bonds is 2. The number of aryl methyl sites for hydroxylation is 2. The molecule has 0 saturated heterocycles. The molecule has 0 bridgehead atoms. The molecule has 4 N–H and O–H groups in total. The van der Waals surface area contributed by atoms with Crippen LogP contribution in [0.1, 0.15) is 66.2 Å². The Bertz CT molecular complexity index is 1480. The fourth-order valence-electron chi connectivity index (χ4n) is 5.17. The summed E-state index contributed by atoms with van der Waals surface area (Å²) in [6.07, 6.45) is 1.19. The van der Waals surface area contributed by atoms with Gasteiger partial charge in [-0.1, -0.05) is 13.8 Å². The monoisotopic (exact) mass is 511 g/mol. The van der Waals surface area contributed by atoms with Crippen molar-refractivity contribution in [1.29, 1.82) is 0 Å². The Morgan fingerprint density at radius 3 is 2.54 bits per heavy atom. The Morgan fingerprint density at radius 1 is 1.19 bits per heavy atom. The second-order valence-electron chi connectivity index (χ2n) is 8.93. The number of primary amides is 1. The lowest BCUT2D eigenvalue weighted by molar-refractivity contribution is -0.157. The van der Waals surface area contributed by atoms with Gasteiger partial charge in [0.05, 0.1) is 35.6 Å². The van der Waals surface area contributed by atoms with Crippen LogP contribution >= 0.6 is 0 Å². The predicted molar refractivity (Wildman–Crippen MR) is 134 cm³/mol. The van der Waals surface area contributed by atoms with Crippen LogP contribution in [0, 0.1) is 12.7 Å². The molecule has 1 aromatic carbocycles. The number of cyclic esters (lactones) is 1. The highest BCUT2D eigenvalue weighted by Crippen LogP contribution is 2.41. The van der Waals surface area contributed by atoms with Crippen LogP contribution in [0.2, 0.25) is 0 Å². The predicted octanol–water partition coefficient (Wildman–Crippen LogP) is 2.33. The molecule has 0 saturated carbocycles. The molecule has 9 nitrogen and oxygen atoms in total. The largest absolute Gasteiger partial charge is 0.458 e. The molecule has 1 amide bonds. The molecule has 196 valence electrons. The van der Waals surface area contributed by atoms with Crippen molar-refractivity contribution in [1.82, 2.24) is 9.55 Å². The van der Waals surface area contributed by atoms with Crippen molar-refractivity contribution in [3.63, 3.8) is 0 Å². The number of aromatic nitrogens is 2. The summed E-state index contributed by atoms with van der Waals surface area (Å²) < 4.78 is 21.1. The normalized spacial score (nSPS) is 16.4. The van der Waals surface area contributed by atoms with Gasteiger partial charge in [-0.05, 0) is 48.9 Å². The van der Waals surface area contributed by atoms with Crippen LogP contribution in [0.25, 0.3) is 22.3 Å². The summed E-state index contributed by atoms with van der Waals surface area (Å²) in [6, 6.07) is 3.13. The minimum absolute atomic E-state index is 0.0694. The van der Waals surface area contributed by atoms with Crippen LogP contribution in [0.15, 0.2) is 16.9 Å². The third kappa shape index (κ3) is 4.40. The van der Waals surface area contributed by atoms with E-state index in [0.29, 0.717) is 34.6 Å². The van der Waals surface area contributed by atoms with E-state index in [9.17, 15) is 23.9 Å². The van der Waals surface area contributed by atoms with E-state index in [1.165, 1.54) is 6.07 Å². The van der Waals surface area contributed by atoms with E-state index >= 15 is 0 Å². The maximum absolute atomic E-state index is 14.5. The Balaban J connectivity index is 0.000000355. The minimum atomic E-state index is -1.48. The van der Waals surface area contributed by atoms with Gasteiger partial charge in [-0.25, -0.2) is 14.2 Å². The summed E-state index contributed by atoms with van der Waals surface area (Å²) in [5.74, 6) is -1.49. The third-order valence-electron chi connectivity index (χ3n) is 6.90. The first kappa shape index (κ1) is 26.4. The van der Waals surface area contributed by atoms with Crippen LogP contribution in [-0.2, 0) is 40.3 Å². The molecule has 1 unspecified atom stereocenters. The molecule has 0 spiro atoms. The third-order valence-corrected chi connectivity index (χ3v) is 6.90. The first-order valence-electron chi connectivity index (χ1n) is 12.4. The van der Waals surface area contributed by atoms with E-state index in [1.54, 1.807) is 17.6 Å². The summed E-state index contributed by atoms with van der Waals surface area (Å²) >= 11 is 0. The standard InChI is InChI=1S/C22H17FN2O4.C3H7NO2.C2H6/c1-9-10-3-2-4-11-13-7-25-17(19(13)24-16(18(10)11)6-15(9)23)5-12-14(21(25)27)8-29-22(28)20(12)26;4-3(6)1-2-5;1-2/h5-6,20,26H,2-4,7-8H2,1H3;5H,1-2H2,(H2,4,6);1-2H3. The topological polar surface area (TPSA) is 145 Å². The number of ether oxygens (including phenoxy) is 1. The Hall–Kier alpha value is -3.63. The Kier molecular flexibility index (Phi) is 7.42. The molecule has 3 aromatic rings. The number of halogens is 1. The van der Waals surface area contributed by atoms with Crippen LogP contribution < -0.4 is 11.3 Å². The highest BCUT2D eigenvalue weighted by Gasteiger charge is 2.35. The second kappa shape index (κ2) is 10.4. The zero-order valence-electron chi connectivity index (χ0n) is 21.1. The lowest BCUT2D eigenvalue weighted by Gasteiger charge is -2.22. The summed E-state index contributed by atoms with van der Waals surface area (Å²) in [5, 5.41) is 19.2. The van der Waals surface area contributed by atoms with Gasteiger partial charge >= 0.3 is 5.97 Å². The first-order chi connectivity index (χ1) is 17.7. The van der Waals surface area contributed by atoms with Crippen LogP contribution in [-0.4, -0.2) is 38.2 Å². The highest BCUT2D eigenvalue weighted by atomic mass is 19.1. The number of carbonyl (C=O) groups excluding carboxylic acids is 2. The van der Waals surface area contributed by atoms with Gasteiger partial charge in [-0.2, -0.15) is 0 Å². The lowest BCUT2D eigenvalue weighted by Crippen LogP contribution is -2.32. The first-order valence-corrected chi connectivity index (χ1v) is 12.4. The van der Waals surface area contributed by atoms with Gasteiger partial charge in [0.1, 0.15) is 12.4 Å². The molecular formula is C27H30FN3O6. The molecule has 10 heteroatoms. The molecule has 4 heterocycles. The van der Waals surface area contributed by atoms with Crippen LogP contribution in [0.4, 0.5) is 4.39 Å². The highest BCUT2D eigenvalue weighted by molar-refractivity contribution is 5.92. The van der Waals surface area contributed by atoms with E-state index in [-0.39, 0.29) is 36.6 Å². The van der Waals surface area contributed by atoms with Gasteiger partial charge in [0.25, 0.3) is 5.56 Å². The lowest BCUT2D eigenvalue weighted by atomic mass is 9.85. The zero-order chi connectivity index (χ0) is 27.0. The molecule has 0 radical (unpaired) electrons. The van der Waals surface area contributed by atoms with Crippen molar-refractivity contribution in [2.45, 2.75) is 65.7 Å². The average Bonchev–Trinajstić information content (AvgIpc) is 3.26. The number of benzene rings is 1. The SMILES string of the molecule is CC.Cc1c(F)cc2nc3c(c4c2c1CCC4)Cn1c-3cc2c(c1=O)COC(=O)C2O.NC(=O)CCO. The number of fused-ring (bicyclic) bond motifs is 5. The van der Waals surface area contributed by atoms with Gasteiger partial charge in [0.2, 0.25) is 5.91 Å². The smallest absolute Gasteiger partial charge is 0.340 e. The molecule has 37 heavy (non-hydrogen) atoms. The number of carbonyl (C=O) groups is 2. The summed E-state index contributed by atoms with van der Waals surface area (Å²) in [6.45, 7) is 5.90. The van der Waals surface area contributed by atoms with E-state index in [1.807, 2.05) is 13.8 Å². The van der Waals surface area contributed by atoms with Crippen molar-refractivity contribution >= 4 is 22.8 Å². The number of hydrogen-bond acceptors (Lipinski definition) is 7. The van der Waals surface area contributed by atoms with Crippen molar-refractivity contribution in [3.05, 3.63) is 61.7 Å². The second-order valence-corrected chi connectivity index (χ2v) is 8.93. The van der Waals surface area contributed by atoms with Gasteiger partial charge in [-0.15, -0.1) is 0 Å².